The number of aliphatic hydroxyl groups excluding tert-OH is 1. The molecule has 0 saturated heterocycles. The van der Waals surface area contributed by atoms with Gasteiger partial charge in [0.15, 0.2) is 0 Å². The van der Waals surface area contributed by atoms with Gasteiger partial charge in [0, 0.05) is 42.3 Å². The van der Waals surface area contributed by atoms with Gasteiger partial charge in [-0.3, -0.25) is 4.98 Å². The number of aromatic nitrogens is 1. The Bertz CT molecular complexity index is 1340. The van der Waals surface area contributed by atoms with Crippen molar-refractivity contribution in [3.8, 4) is 5.75 Å². The first-order valence-electron chi connectivity index (χ1n) is 12.0. The van der Waals surface area contributed by atoms with Gasteiger partial charge in [-0.1, -0.05) is 36.4 Å². The first-order chi connectivity index (χ1) is 18.1. The number of fused-ring (bicyclic) bond motifs is 1. The Labute approximate surface area is 219 Å². The topological polar surface area (TPSA) is 109 Å². The molecule has 3 N–H and O–H groups in total. The second kappa shape index (κ2) is 11.6. The lowest BCUT2D eigenvalue weighted by molar-refractivity contribution is -0.0492. The highest BCUT2D eigenvalue weighted by Crippen LogP contribution is 2.39. The van der Waals surface area contributed by atoms with Crippen LogP contribution in [0.15, 0.2) is 66.9 Å². The van der Waals surface area contributed by atoms with Gasteiger partial charge in [0.05, 0.1) is 18.8 Å². The Morgan fingerprint density at radius 1 is 1.11 bits per heavy atom. The van der Waals surface area contributed by atoms with E-state index in [1.807, 2.05) is 35.2 Å². The number of aliphatic hydroxyl groups is 1. The molecule has 0 fully saturated rings. The predicted molar refractivity (Wildman–Crippen MR) is 138 cm³/mol. The zero-order valence-corrected chi connectivity index (χ0v) is 21.3. The van der Waals surface area contributed by atoms with Crippen LogP contribution in [0.2, 0.25) is 0 Å². The van der Waals surface area contributed by atoms with Crippen LogP contribution in [0, 0.1) is 0 Å². The molecule has 204 valence electrons. The summed E-state index contributed by atoms with van der Waals surface area (Å²) < 4.78 is 72.8. The minimum Gasteiger partial charge on any atom is -0.491 e. The summed E-state index contributed by atoms with van der Waals surface area (Å²) in [6, 6.07) is 17.1. The van der Waals surface area contributed by atoms with Crippen molar-refractivity contribution in [3.63, 3.8) is 0 Å². The van der Waals surface area contributed by atoms with E-state index in [1.165, 1.54) is 0 Å². The average molecular weight is 551 g/mol. The number of nitrogens with two attached hydrogens (primary N) is 1. The summed E-state index contributed by atoms with van der Waals surface area (Å²) in [6.07, 6.45) is 2.43. The number of hydrogen-bond acceptors (Lipinski definition) is 7. The Kier molecular flexibility index (Phi) is 8.44. The van der Waals surface area contributed by atoms with E-state index in [9.17, 15) is 26.7 Å². The van der Waals surface area contributed by atoms with Crippen LogP contribution in [0.5, 0.6) is 5.75 Å². The Balaban J connectivity index is 1.83. The van der Waals surface area contributed by atoms with Gasteiger partial charge in [-0.25, -0.2) is 8.42 Å². The van der Waals surface area contributed by atoms with Crippen molar-refractivity contribution < 1.29 is 31.4 Å². The fourth-order valence-electron chi connectivity index (χ4n) is 4.57. The highest BCUT2D eigenvalue weighted by atomic mass is 32.2. The highest BCUT2D eigenvalue weighted by molar-refractivity contribution is 7.89. The molecule has 0 amide bonds. The minimum absolute atomic E-state index is 0.101. The summed E-state index contributed by atoms with van der Waals surface area (Å²) in [7, 11) is -5.66. The molecule has 0 aliphatic carbocycles. The van der Waals surface area contributed by atoms with E-state index in [0.29, 0.717) is 34.2 Å². The molecule has 1 atom stereocenters. The van der Waals surface area contributed by atoms with Crippen LogP contribution in [0.1, 0.15) is 23.2 Å². The fraction of sp³-hybridized carbons (Fsp3) is 0.346. The lowest BCUT2D eigenvalue weighted by Gasteiger charge is -2.34. The van der Waals surface area contributed by atoms with E-state index in [1.54, 1.807) is 36.5 Å². The van der Waals surface area contributed by atoms with E-state index in [2.05, 4.69) is 4.98 Å². The van der Waals surface area contributed by atoms with Crippen LogP contribution >= 0.6 is 0 Å². The van der Waals surface area contributed by atoms with Gasteiger partial charge in [-0.15, -0.1) is 0 Å². The first-order valence-corrected chi connectivity index (χ1v) is 13.5. The Morgan fingerprint density at radius 2 is 1.87 bits per heavy atom. The minimum atomic E-state index is -5.66. The normalized spacial score (nSPS) is 16.6. The number of benzene rings is 2. The number of sulfonamides is 1. The molecule has 0 saturated carbocycles. The van der Waals surface area contributed by atoms with E-state index in [-0.39, 0.29) is 31.1 Å². The molecule has 1 aliphatic rings. The number of halogens is 3. The van der Waals surface area contributed by atoms with Crippen molar-refractivity contribution in [2.45, 2.75) is 37.5 Å². The molecule has 0 spiro atoms. The number of pyridine rings is 1. The SMILES string of the molecule is Nc1ccnc(CN2c3cccc(OCCO)c3CN(S(=O)(=O)C(F)(F)F)C[C@@H]2CCc2ccccc2)c1. The van der Waals surface area contributed by atoms with Crippen molar-refractivity contribution in [1.29, 1.82) is 0 Å². The number of rotatable bonds is 9. The standard InChI is InChI=1S/C26H29F3N4O4S/c27-26(28,29)38(35,36)32-17-22(10-9-19-5-2-1-3-6-19)33(16-21-15-20(30)11-12-31-21)24-7-4-8-25(23(24)18-32)37-14-13-34/h1-8,11-12,15,22,34H,9-10,13-14,16-18H2,(H2,30,31)/t22-/m0/s1. The number of hydrogen-bond donors (Lipinski definition) is 2. The van der Waals surface area contributed by atoms with Crippen molar-refractivity contribution in [2.75, 3.05) is 30.4 Å². The van der Waals surface area contributed by atoms with E-state index >= 15 is 0 Å². The van der Waals surface area contributed by atoms with Gasteiger partial charge in [0.2, 0.25) is 0 Å². The van der Waals surface area contributed by atoms with Crippen LogP contribution in [-0.4, -0.2) is 54.1 Å². The molecule has 1 aliphatic heterocycles. The van der Waals surface area contributed by atoms with E-state index in [0.717, 1.165) is 5.56 Å². The quantitative estimate of drug-likeness (QED) is 0.418. The van der Waals surface area contributed by atoms with Crippen LogP contribution < -0.4 is 15.4 Å². The summed E-state index contributed by atoms with van der Waals surface area (Å²) in [5, 5.41) is 9.26. The summed E-state index contributed by atoms with van der Waals surface area (Å²) in [5.74, 6) is 0.202. The van der Waals surface area contributed by atoms with E-state index in [4.69, 9.17) is 10.5 Å². The van der Waals surface area contributed by atoms with Crippen LogP contribution in [0.4, 0.5) is 24.5 Å². The van der Waals surface area contributed by atoms with Gasteiger partial charge in [0.25, 0.3) is 0 Å². The summed E-state index contributed by atoms with van der Waals surface area (Å²) in [5.41, 5.74) is 3.32. The molecule has 4 rings (SSSR count). The smallest absolute Gasteiger partial charge is 0.491 e. The van der Waals surface area contributed by atoms with Gasteiger partial charge < -0.3 is 20.5 Å². The maximum Gasteiger partial charge on any atom is 0.511 e. The average Bonchev–Trinajstić information content (AvgIpc) is 3.04. The third-order valence-electron chi connectivity index (χ3n) is 6.37. The first kappa shape index (κ1) is 27.7. The van der Waals surface area contributed by atoms with E-state index < -0.39 is 34.7 Å². The van der Waals surface area contributed by atoms with Crippen molar-refractivity contribution in [1.82, 2.24) is 9.29 Å². The van der Waals surface area contributed by atoms with Crippen molar-refractivity contribution >= 4 is 21.4 Å². The van der Waals surface area contributed by atoms with Crippen LogP contribution in [-0.2, 0) is 29.5 Å². The molecule has 38 heavy (non-hydrogen) atoms. The lowest BCUT2D eigenvalue weighted by atomic mass is 10.0. The highest BCUT2D eigenvalue weighted by Gasteiger charge is 2.51. The van der Waals surface area contributed by atoms with Gasteiger partial charge in [-0.05, 0) is 42.7 Å². The Morgan fingerprint density at radius 3 is 2.55 bits per heavy atom. The maximum atomic E-state index is 13.8. The third-order valence-corrected chi connectivity index (χ3v) is 7.91. The predicted octanol–water partition coefficient (Wildman–Crippen LogP) is 3.71. The number of nitrogen functional groups attached to an aromatic ring is 1. The number of alkyl halides is 3. The largest absolute Gasteiger partial charge is 0.511 e. The zero-order chi connectivity index (χ0) is 27.3. The van der Waals surface area contributed by atoms with Gasteiger partial charge in [0.1, 0.15) is 12.4 Å². The molecule has 2 heterocycles. The third kappa shape index (κ3) is 6.20. The summed E-state index contributed by atoms with van der Waals surface area (Å²) in [6.45, 7) is -1.17. The molecule has 1 aromatic heterocycles. The number of anilines is 2. The second-order valence-electron chi connectivity index (χ2n) is 8.96. The lowest BCUT2D eigenvalue weighted by Crippen LogP contribution is -2.47. The fourth-order valence-corrected chi connectivity index (χ4v) is 5.53. The summed E-state index contributed by atoms with van der Waals surface area (Å²) >= 11 is 0. The van der Waals surface area contributed by atoms with Crippen LogP contribution in [0.25, 0.3) is 0 Å². The maximum absolute atomic E-state index is 13.8. The second-order valence-corrected chi connectivity index (χ2v) is 10.9. The summed E-state index contributed by atoms with van der Waals surface area (Å²) in [4.78, 5) is 6.24. The number of aryl methyl sites for hydroxylation is 1. The molecule has 0 radical (unpaired) electrons. The molecule has 3 aromatic rings. The monoisotopic (exact) mass is 550 g/mol. The zero-order valence-electron chi connectivity index (χ0n) is 20.5. The number of nitrogens with zero attached hydrogens (tertiary/aromatic N) is 3. The van der Waals surface area contributed by atoms with Crippen LogP contribution in [0.3, 0.4) is 0 Å². The van der Waals surface area contributed by atoms with Gasteiger partial charge in [-0.2, -0.15) is 17.5 Å². The molecule has 8 nitrogen and oxygen atoms in total. The Hall–Kier alpha value is -3.35. The van der Waals surface area contributed by atoms with Crippen molar-refractivity contribution in [2.24, 2.45) is 0 Å². The van der Waals surface area contributed by atoms with Crippen molar-refractivity contribution in [3.05, 3.63) is 83.7 Å². The molecule has 0 unspecified atom stereocenters. The molecular formula is C26H29F3N4O4S. The van der Waals surface area contributed by atoms with Gasteiger partial charge >= 0.3 is 15.5 Å². The molecule has 0 bridgehead atoms. The molecular weight excluding hydrogens is 521 g/mol. The molecule has 2 aromatic carbocycles. The number of ether oxygens (including phenoxy) is 1. The molecule has 12 heteroatoms.